The normalized spacial score (nSPS) is 16.8. The van der Waals surface area contributed by atoms with Crippen LogP contribution in [0.1, 0.15) is 5.56 Å². The van der Waals surface area contributed by atoms with Crippen molar-refractivity contribution < 1.29 is 8.42 Å². The number of rotatable bonds is 4. The van der Waals surface area contributed by atoms with Gasteiger partial charge in [0.15, 0.2) is 0 Å². The van der Waals surface area contributed by atoms with E-state index in [0.717, 1.165) is 48.1 Å². The van der Waals surface area contributed by atoms with E-state index < -0.39 is 10.0 Å². The lowest BCUT2D eigenvalue weighted by Crippen LogP contribution is -2.43. The molecule has 2 aromatic carbocycles. The number of halogens is 1. The zero-order valence-corrected chi connectivity index (χ0v) is 17.6. The maximum absolute atomic E-state index is 13.2. The molecule has 0 atom stereocenters. The smallest absolute Gasteiger partial charge is 0.268 e. The summed E-state index contributed by atoms with van der Waals surface area (Å²) in [6, 6.07) is 14.4. The number of hydrogen-bond acceptors (Lipinski definition) is 4. The summed E-state index contributed by atoms with van der Waals surface area (Å²) in [5.74, 6) is 0. The highest BCUT2D eigenvalue weighted by Crippen LogP contribution is 2.29. The van der Waals surface area contributed by atoms with Gasteiger partial charge in [0.05, 0.1) is 10.4 Å². The van der Waals surface area contributed by atoms with Gasteiger partial charge in [-0.15, -0.1) is 0 Å². The Morgan fingerprint density at radius 1 is 1.00 bits per heavy atom. The van der Waals surface area contributed by atoms with E-state index in [2.05, 4.69) is 32.8 Å². The van der Waals surface area contributed by atoms with Gasteiger partial charge in [0.25, 0.3) is 10.0 Å². The van der Waals surface area contributed by atoms with Crippen molar-refractivity contribution in [2.24, 2.45) is 0 Å². The largest absolute Gasteiger partial charge is 0.304 e. The van der Waals surface area contributed by atoms with Gasteiger partial charge in [0.1, 0.15) is 0 Å². The van der Waals surface area contributed by atoms with Crippen LogP contribution in [-0.4, -0.2) is 55.4 Å². The lowest BCUT2D eigenvalue weighted by molar-refractivity contribution is 0.148. The summed E-state index contributed by atoms with van der Waals surface area (Å²) in [5, 5.41) is 0.975. The van der Waals surface area contributed by atoms with Crippen molar-refractivity contribution in [3.8, 4) is 0 Å². The predicted molar refractivity (Wildman–Crippen MR) is 111 cm³/mol. The maximum Gasteiger partial charge on any atom is 0.268 e. The van der Waals surface area contributed by atoms with Crippen LogP contribution < -0.4 is 0 Å². The fourth-order valence-corrected chi connectivity index (χ4v) is 5.29. The highest BCUT2D eigenvalue weighted by molar-refractivity contribution is 9.10. The van der Waals surface area contributed by atoms with E-state index in [-0.39, 0.29) is 0 Å². The monoisotopic (exact) mass is 447 g/mol. The minimum absolute atomic E-state index is 0.302. The second-order valence-corrected chi connectivity index (χ2v) is 9.74. The number of fused-ring (bicyclic) bond motifs is 1. The summed E-state index contributed by atoms with van der Waals surface area (Å²) in [6.45, 7) is 4.79. The maximum atomic E-state index is 13.2. The van der Waals surface area contributed by atoms with Crippen molar-refractivity contribution in [2.45, 2.75) is 11.4 Å². The molecule has 0 saturated carbocycles. The van der Waals surface area contributed by atoms with Crippen LogP contribution in [0.25, 0.3) is 10.9 Å². The highest BCUT2D eigenvalue weighted by Gasteiger charge is 2.23. The third kappa shape index (κ3) is 3.69. The fourth-order valence-electron chi connectivity index (χ4n) is 3.52. The topological polar surface area (TPSA) is 45.5 Å². The van der Waals surface area contributed by atoms with Crippen molar-refractivity contribution >= 4 is 36.9 Å². The third-order valence-corrected chi connectivity index (χ3v) is 7.29. The highest BCUT2D eigenvalue weighted by atomic mass is 79.9. The third-order valence-electron chi connectivity index (χ3n) is 5.10. The second-order valence-electron chi connectivity index (χ2n) is 7.01. The summed E-state index contributed by atoms with van der Waals surface area (Å²) in [5.41, 5.74) is 1.75. The number of piperazine rings is 1. The SMILES string of the molecule is CN1CCN(Cc2cn(S(=O)(=O)c3ccccc3)c3ccc(Br)cc23)CC1. The van der Waals surface area contributed by atoms with E-state index in [0.29, 0.717) is 10.4 Å². The van der Waals surface area contributed by atoms with Crippen LogP contribution in [-0.2, 0) is 16.6 Å². The van der Waals surface area contributed by atoms with Crippen LogP contribution in [0, 0.1) is 0 Å². The Labute approximate surface area is 168 Å². The average Bonchev–Trinajstić information content (AvgIpc) is 3.03. The van der Waals surface area contributed by atoms with Crippen molar-refractivity contribution in [1.82, 2.24) is 13.8 Å². The number of likely N-dealkylation sites (N-methyl/N-ethyl adjacent to an activating group) is 1. The first kappa shape index (κ1) is 18.7. The molecule has 1 aromatic heterocycles. The Morgan fingerprint density at radius 2 is 1.70 bits per heavy atom. The molecule has 0 radical (unpaired) electrons. The fraction of sp³-hybridized carbons (Fsp3) is 0.300. The molecule has 0 N–H and O–H groups in total. The number of nitrogens with zero attached hydrogens (tertiary/aromatic N) is 3. The summed E-state index contributed by atoms with van der Waals surface area (Å²) in [6.07, 6.45) is 1.79. The lowest BCUT2D eigenvalue weighted by Gasteiger charge is -2.32. The van der Waals surface area contributed by atoms with Gasteiger partial charge in [0.2, 0.25) is 0 Å². The lowest BCUT2D eigenvalue weighted by atomic mass is 10.1. The van der Waals surface area contributed by atoms with Gasteiger partial charge in [-0.3, -0.25) is 4.90 Å². The zero-order chi connectivity index (χ0) is 19.0. The second kappa shape index (κ2) is 7.39. The summed E-state index contributed by atoms with van der Waals surface area (Å²) >= 11 is 3.53. The minimum Gasteiger partial charge on any atom is -0.304 e. The molecular weight excluding hydrogens is 426 g/mol. The molecule has 1 saturated heterocycles. The van der Waals surface area contributed by atoms with Crippen LogP contribution in [0.3, 0.4) is 0 Å². The van der Waals surface area contributed by atoms with Gasteiger partial charge in [0, 0.05) is 48.8 Å². The van der Waals surface area contributed by atoms with Gasteiger partial charge in [-0.25, -0.2) is 12.4 Å². The molecule has 0 aliphatic carbocycles. The Balaban J connectivity index is 1.78. The Bertz CT molecular complexity index is 1060. The molecule has 2 heterocycles. The van der Waals surface area contributed by atoms with Crippen LogP contribution in [0.4, 0.5) is 0 Å². The van der Waals surface area contributed by atoms with E-state index in [1.807, 2.05) is 24.3 Å². The van der Waals surface area contributed by atoms with E-state index in [1.165, 1.54) is 3.97 Å². The van der Waals surface area contributed by atoms with Crippen LogP contribution in [0.15, 0.2) is 64.1 Å². The van der Waals surface area contributed by atoms with Crippen LogP contribution in [0.5, 0.6) is 0 Å². The summed E-state index contributed by atoms with van der Waals surface area (Å²) in [4.78, 5) is 5.00. The first-order chi connectivity index (χ1) is 12.9. The molecule has 4 rings (SSSR count). The summed E-state index contributed by atoms with van der Waals surface area (Å²) < 4.78 is 28.8. The molecule has 142 valence electrons. The van der Waals surface area contributed by atoms with E-state index >= 15 is 0 Å². The standard InChI is InChI=1S/C20H22BrN3O2S/c1-22-9-11-23(12-10-22)14-16-15-24(20-8-7-17(21)13-19(16)20)27(25,26)18-5-3-2-4-6-18/h2-8,13,15H,9-12,14H2,1H3. The van der Waals surface area contributed by atoms with Gasteiger partial charge >= 0.3 is 0 Å². The van der Waals surface area contributed by atoms with Crippen LogP contribution >= 0.6 is 15.9 Å². The Hall–Kier alpha value is -1.67. The molecular formula is C20H22BrN3O2S. The zero-order valence-electron chi connectivity index (χ0n) is 15.2. The van der Waals surface area contributed by atoms with Gasteiger partial charge in [-0.1, -0.05) is 34.1 Å². The van der Waals surface area contributed by atoms with E-state index in [9.17, 15) is 8.42 Å². The van der Waals surface area contributed by atoms with E-state index in [4.69, 9.17) is 0 Å². The van der Waals surface area contributed by atoms with Crippen molar-refractivity contribution in [3.63, 3.8) is 0 Å². The molecule has 5 nitrogen and oxygen atoms in total. The number of aromatic nitrogens is 1. The minimum atomic E-state index is -3.63. The Morgan fingerprint density at radius 3 is 2.41 bits per heavy atom. The molecule has 7 heteroatoms. The first-order valence-corrected chi connectivity index (χ1v) is 11.2. The van der Waals surface area contributed by atoms with Crippen molar-refractivity contribution in [2.75, 3.05) is 33.2 Å². The van der Waals surface area contributed by atoms with E-state index in [1.54, 1.807) is 30.5 Å². The molecule has 27 heavy (non-hydrogen) atoms. The van der Waals surface area contributed by atoms with Crippen molar-refractivity contribution in [1.29, 1.82) is 0 Å². The van der Waals surface area contributed by atoms with Gasteiger partial charge < -0.3 is 4.90 Å². The molecule has 1 fully saturated rings. The van der Waals surface area contributed by atoms with Crippen LogP contribution in [0.2, 0.25) is 0 Å². The number of hydrogen-bond donors (Lipinski definition) is 0. The quantitative estimate of drug-likeness (QED) is 0.614. The van der Waals surface area contributed by atoms with Crippen molar-refractivity contribution in [3.05, 3.63) is 64.8 Å². The molecule has 0 amide bonds. The van der Waals surface area contributed by atoms with Gasteiger partial charge in [-0.2, -0.15) is 0 Å². The van der Waals surface area contributed by atoms with Gasteiger partial charge in [-0.05, 0) is 42.9 Å². The molecule has 1 aliphatic rings. The molecule has 1 aliphatic heterocycles. The summed E-state index contributed by atoms with van der Waals surface area (Å²) in [7, 11) is -1.50. The molecule has 0 bridgehead atoms. The molecule has 0 unspecified atom stereocenters. The predicted octanol–water partition coefficient (Wildman–Crippen LogP) is 3.39. The molecule has 0 spiro atoms. The average molecular weight is 448 g/mol. The number of benzene rings is 2. The first-order valence-electron chi connectivity index (χ1n) is 8.96. The Kier molecular flexibility index (Phi) is 5.11. The molecule has 3 aromatic rings.